The van der Waals surface area contributed by atoms with E-state index in [2.05, 4.69) is 26.9 Å². The van der Waals surface area contributed by atoms with Crippen LogP contribution in [0.25, 0.3) is 0 Å². The van der Waals surface area contributed by atoms with Gasteiger partial charge in [-0.15, -0.1) is 0 Å². The highest BCUT2D eigenvalue weighted by molar-refractivity contribution is 7.09. The van der Waals surface area contributed by atoms with Gasteiger partial charge in [0.05, 0.1) is 7.11 Å². The van der Waals surface area contributed by atoms with Crippen molar-refractivity contribution in [2.45, 2.75) is 13.8 Å². The Morgan fingerprint density at radius 3 is 2.35 bits per heavy atom. The fourth-order valence-corrected chi connectivity index (χ4v) is 2.26. The third-order valence-electron chi connectivity index (χ3n) is 2.61. The van der Waals surface area contributed by atoms with Crippen molar-refractivity contribution in [3.63, 3.8) is 0 Å². The van der Waals surface area contributed by atoms with E-state index >= 15 is 0 Å². The number of benzene rings is 1. The van der Waals surface area contributed by atoms with Gasteiger partial charge in [-0.2, -0.15) is 0 Å². The van der Waals surface area contributed by atoms with Crippen molar-refractivity contribution in [2.24, 2.45) is 0 Å². The van der Waals surface area contributed by atoms with Gasteiger partial charge in [0.2, 0.25) is 5.13 Å². The predicted octanol–water partition coefficient (Wildman–Crippen LogP) is 2.33. The molecule has 90 valence electrons. The summed E-state index contributed by atoms with van der Waals surface area (Å²) < 4.78 is 9.11. The smallest absolute Gasteiger partial charge is 0.232 e. The van der Waals surface area contributed by atoms with Gasteiger partial charge in [0.1, 0.15) is 5.75 Å². The zero-order chi connectivity index (χ0) is 12.4. The lowest BCUT2D eigenvalue weighted by atomic mass is 10.1. The number of anilines is 2. The highest BCUT2D eigenvalue weighted by atomic mass is 32.1. The Labute approximate surface area is 104 Å². The Morgan fingerprint density at radius 1 is 1.24 bits per heavy atom. The number of methoxy groups -OCH3 is 1. The quantitative estimate of drug-likeness (QED) is 0.836. The molecule has 0 bridgehead atoms. The summed E-state index contributed by atoms with van der Waals surface area (Å²) in [6, 6.07) is 4.13. The minimum Gasteiger partial charge on any atom is -0.496 e. The van der Waals surface area contributed by atoms with Crippen molar-refractivity contribution in [3.05, 3.63) is 23.3 Å². The van der Waals surface area contributed by atoms with Crippen LogP contribution >= 0.6 is 11.5 Å². The molecule has 2 rings (SSSR count). The van der Waals surface area contributed by atoms with E-state index in [1.165, 1.54) is 11.5 Å². The van der Waals surface area contributed by atoms with Gasteiger partial charge >= 0.3 is 0 Å². The molecule has 0 aliphatic heterocycles. The van der Waals surface area contributed by atoms with Crippen LogP contribution in [0.5, 0.6) is 5.75 Å². The lowest BCUT2D eigenvalue weighted by Crippen LogP contribution is -2.10. The van der Waals surface area contributed by atoms with E-state index in [1.54, 1.807) is 7.11 Å². The van der Waals surface area contributed by atoms with Crippen LogP contribution in [0.4, 0.5) is 10.8 Å². The number of aryl methyl sites for hydroxylation is 2. The standard InChI is InChI=1S/C11H14N4OS/c1-7-5-9(6-8(2)10(7)16-4)15(3)11-12-13-14-17-11/h5-6H,1-4H3. The van der Waals surface area contributed by atoms with Crippen molar-refractivity contribution in [1.82, 2.24) is 14.8 Å². The van der Waals surface area contributed by atoms with Crippen molar-refractivity contribution in [1.29, 1.82) is 0 Å². The molecule has 1 aromatic heterocycles. The molecule has 0 spiro atoms. The van der Waals surface area contributed by atoms with Gasteiger partial charge in [0.15, 0.2) is 0 Å². The van der Waals surface area contributed by atoms with Gasteiger partial charge < -0.3 is 9.64 Å². The van der Waals surface area contributed by atoms with Gasteiger partial charge in [0.25, 0.3) is 0 Å². The van der Waals surface area contributed by atoms with Crippen LogP contribution in [0.2, 0.25) is 0 Å². The van der Waals surface area contributed by atoms with Crippen LogP contribution in [0.3, 0.4) is 0 Å². The first-order valence-electron chi connectivity index (χ1n) is 5.17. The summed E-state index contributed by atoms with van der Waals surface area (Å²) in [6.07, 6.45) is 0. The summed E-state index contributed by atoms with van der Waals surface area (Å²) in [4.78, 5) is 1.96. The molecule has 1 heterocycles. The SMILES string of the molecule is COc1c(C)cc(N(C)c2nnns2)cc1C. The van der Waals surface area contributed by atoms with Crippen LogP contribution in [-0.4, -0.2) is 29.0 Å². The number of rotatable bonds is 3. The maximum Gasteiger partial charge on any atom is 0.232 e. The third kappa shape index (κ3) is 2.21. The predicted molar refractivity (Wildman–Crippen MR) is 68.2 cm³/mol. The van der Waals surface area contributed by atoms with Gasteiger partial charge in [-0.1, -0.05) is 9.59 Å². The number of ether oxygens (including phenoxy) is 1. The van der Waals surface area contributed by atoms with E-state index in [4.69, 9.17) is 4.74 Å². The molecule has 17 heavy (non-hydrogen) atoms. The Balaban J connectivity index is 2.40. The molecular formula is C11H14N4OS. The van der Waals surface area contributed by atoms with Crippen molar-refractivity contribution in [2.75, 3.05) is 19.1 Å². The Bertz CT molecular complexity index is 489. The minimum absolute atomic E-state index is 0.772. The fourth-order valence-electron chi connectivity index (χ4n) is 1.81. The molecular weight excluding hydrogens is 236 g/mol. The third-order valence-corrected chi connectivity index (χ3v) is 3.29. The molecule has 0 aliphatic carbocycles. The second-order valence-corrected chi connectivity index (χ2v) is 4.53. The average Bonchev–Trinajstić information content (AvgIpc) is 2.81. The molecule has 5 nitrogen and oxygen atoms in total. The Kier molecular flexibility index (Phi) is 3.23. The maximum atomic E-state index is 5.34. The number of hydrogen-bond donors (Lipinski definition) is 0. The Morgan fingerprint density at radius 2 is 1.88 bits per heavy atom. The molecule has 0 aliphatic rings. The van der Waals surface area contributed by atoms with E-state index in [9.17, 15) is 0 Å². The normalized spacial score (nSPS) is 10.4. The number of aromatic nitrogens is 3. The zero-order valence-corrected chi connectivity index (χ0v) is 11.1. The van der Waals surface area contributed by atoms with Gasteiger partial charge in [-0.25, -0.2) is 0 Å². The summed E-state index contributed by atoms with van der Waals surface area (Å²) >= 11 is 1.27. The Hall–Kier alpha value is -1.69. The van der Waals surface area contributed by atoms with E-state index in [1.807, 2.05) is 25.8 Å². The summed E-state index contributed by atoms with van der Waals surface area (Å²) in [5.74, 6) is 0.928. The maximum absolute atomic E-state index is 5.34. The second kappa shape index (κ2) is 4.67. The van der Waals surface area contributed by atoms with Crippen LogP contribution in [-0.2, 0) is 0 Å². The van der Waals surface area contributed by atoms with Crippen LogP contribution in [0, 0.1) is 13.8 Å². The van der Waals surface area contributed by atoms with Crippen LogP contribution in [0.15, 0.2) is 12.1 Å². The monoisotopic (exact) mass is 250 g/mol. The largest absolute Gasteiger partial charge is 0.496 e. The molecule has 0 N–H and O–H groups in total. The zero-order valence-electron chi connectivity index (χ0n) is 10.3. The van der Waals surface area contributed by atoms with E-state index < -0.39 is 0 Å². The van der Waals surface area contributed by atoms with Crippen molar-refractivity contribution in [3.8, 4) is 5.75 Å². The highest BCUT2D eigenvalue weighted by Gasteiger charge is 2.12. The molecule has 0 fully saturated rings. The number of hydrogen-bond acceptors (Lipinski definition) is 6. The highest BCUT2D eigenvalue weighted by Crippen LogP contribution is 2.31. The van der Waals surface area contributed by atoms with Gasteiger partial charge in [-0.3, -0.25) is 0 Å². The topological polar surface area (TPSA) is 51.1 Å². The summed E-state index contributed by atoms with van der Waals surface area (Å²) in [6.45, 7) is 4.06. The molecule has 0 atom stereocenters. The molecule has 0 amide bonds. The molecule has 1 aromatic carbocycles. The summed E-state index contributed by atoms with van der Waals surface area (Å²) in [7, 11) is 3.64. The molecule has 0 radical (unpaired) electrons. The van der Waals surface area contributed by atoms with Crippen LogP contribution in [0.1, 0.15) is 11.1 Å². The molecule has 0 unspecified atom stereocenters. The number of nitrogens with zero attached hydrogens (tertiary/aromatic N) is 4. The first-order chi connectivity index (χ1) is 8.13. The summed E-state index contributed by atoms with van der Waals surface area (Å²) in [5.41, 5.74) is 3.26. The first-order valence-corrected chi connectivity index (χ1v) is 5.95. The first kappa shape index (κ1) is 11.8. The lowest BCUT2D eigenvalue weighted by Gasteiger charge is -2.18. The molecule has 6 heteroatoms. The fraction of sp³-hybridized carbons (Fsp3) is 0.364. The van der Waals surface area contributed by atoms with Gasteiger partial charge in [-0.05, 0) is 42.3 Å². The van der Waals surface area contributed by atoms with Crippen molar-refractivity contribution < 1.29 is 4.74 Å². The molecule has 0 saturated heterocycles. The van der Waals surface area contributed by atoms with Crippen molar-refractivity contribution >= 4 is 22.4 Å². The summed E-state index contributed by atoms with van der Waals surface area (Å²) in [5, 5.41) is 8.32. The van der Waals surface area contributed by atoms with E-state index in [0.717, 1.165) is 27.7 Å². The molecule has 2 aromatic rings. The van der Waals surface area contributed by atoms with Gasteiger partial charge in [0, 0.05) is 24.3 Å². The van der Waals surface area contributed by atoms with E-state index in [0.29, 0.717) is 0 Å². The minimum atomic E-state index is 0.772. The molecule has 0 saturated carbocycles. The van der Waals surface area contributed by atoms with Crippen LogP contribution < -0.4 is 9.64 Å². The average molecular weight is 250 g/mol. The van der Waals surface area contributed by atoms with E-state index in [-0.39, 0.29) is 0 Å². The lowest BCUT2D eigenvalue weighted by molar-refractivity contribution is 0.408. The second-order valence-electron chi connectivity index (χ2n) is 3.82.